The Morgan fingerprint density at radius 1 is 0.296 bits per heavy atom. The third kappa shape index (κ3) is 57.1. The van der Waals surface area contributed by atoms with Crippen LogP contribution in [-0.4, -0.2) is 37.2 Å². The van der Waals surface area contributed by atoms with Crippen LogP contribution in [0.15, 0.2) is 97.2 Å². The zero-order valence-electron chi connectivity index (χ0n) is 46.5. The van der Waals surface area contributed by atoms with E-state index in [-0.39, 0.29) is 31.6 Å². The maximum Gasteiger partial charge on any atom is 0.306 e. The largest absolute Gasteiger partial charge is 0.462 e. The first kappa shape index (κ1) is 67.3. The van der Waals surface area contributed by atoms with Crippen molar-refractivity contribution >= 4 is 17.9 Å². The number of unbranched alkanes of at least 4 members (excludes halogenated alkanes) is 26. The van der Waals surface area contributed by atoms with Crippen LogP contribution in [0.2, 0.25) is 0 Å². The molecule has 0 unspecified atom stereocenters. The quantitative estimate of drug-likeness (QED) is 0.0261. The molecular weight excluding hydrogens is 877 g/mol. The molecule has 0 saturated carbocycles. The number of carbonyl (C=O) groups excluding carboxylic acids is 3. The van der Waals surface area contributed by atoms with Gasteiger partial charge >= 0.3 is 17.9 Å². The van der Waals surface area contributed by atoms with Crippen molar-refractivity contribution in [2.45, 2.75) is 284 Å². The average Bonchev–Trinajstić information content (AvgIpc) is 3.37. The van der Waals surface area contributed by atoms with E-state index in [9.17, 15) is 14.4 Å². The molecule has 0 aromatic heterocycles. The second-order valence-electron chi connectivity index (χ2n) is 19.5. The number of rotatable bonds is 53. The molecule has 0 aromatic carbocycles. The lowest BCUT2D eigenvalue weighted by molar-refractivity contribution is -0.166. The van der Waals surface area contributed by atoms with Crippen LogP contribution < -0.4 is 0 Å². The molecule has 0 N–H and O–H groups in total. The lowest BCUT2D eigenvalue weighted by Crippen LogP contribution is -2.30. The van der Waals surface area contributed by atoms with Crippen LogP contribution in [0.5, 0.6) is 0 Å². The lowest BCUT2D eigenvalue weighted by atomic mass is 10.0. The minimum atomic E-state index is -0.824. The molecule has 6 heteroatoms. The van der Waals surface area contributed by atoms with E-state index in [0.717, 1.165) is 103 Å². The predicted octanol–water partition coefficient (Wildman–Crippen LogP) is 20.1. The molecule has 406 valence electrons. The average molecular weight is 988 g/mol. The van der Waals surface area contributed by atoms with Crippen molar-refractivity contribution in [1.29, 1.82) is 0 Å². The number of hydrogen-bond donors (Lipinski definition) is 0. The third-order valence-electron chi connectivity index (χ3n) is 12.6. The van der Waals surface area contributed by atoms with Crippen LogP contribution in [0.1, 0.15) is 278 Å². The lowest BCUT2D eigenvalue weighted by Gasteiger charge is -2.18. The number of ether oxygens (including phenoxy) is 3. The summed E-state index contributed by atoms with van der Waals surface area (Å²) >= 11 is 0. The SMILES string of the molecule is CC/C=C\C/C=C\C/C=C\CCCCCCCC(=O)OC[C@H](COC(=O)CCCCCCCCCCCCCCCCCCCCC)OC(=O)CC/C=C\C/C=C\C/C=C\C/C=C\C/C=C\CCCCC. The second-order valence-corrected chi connectivity index (χ2v) is 19.5. The Morgan fingerprint density at radius 3 is 0.944 bits per heavy atom. The van der Waals surface area contributed by atoms with Gasteiger partial charge in [0.05, 0.1) is 0 Å². The van der Waals surface area contributed by atoms with Gasteiger partial charge in [0.1, 0.15) is 13.2 Å². The van der Waals surface area contributed by atoms with E-state index in [1.807, 2.05) is 6.08 Å². The van der Waals surface area contributed by atoms with Gasteiger partial charge in [-0.1, -0.05) is 266 Å². The van der Waals surface area contributed by atoms with Crippen LogP contribution in [0.4, 0.5) is 0 Å². The summed E-state index contributed by atoms with van der Waals surface area (Å²) in [6.07, 6.45) is 78.4. The molecule has 0 aliphatic rings. The van der Waals surface area contributed by atoms with Gasteiger partial charge in [-0.2, -0.15) is 0 Å². The molecule has 0 aliphatic heterocycles. The normalized spacial score (nSPS) is 12.8. The van der Waals surface area contributed by atoms with Gasteiger partial charge in [0.2, 0.25) is 0 Å². The summed E-state index contributed by atoms with van der Waals surface area (Å²) < 4.78 is 16.8. The van der Waals surface area contributed by atoms with Gasteiger partial charge in [-0.25, -0.2) is 0 Å². The molecule has 6 nitrogen and oxygen atoms in total. The van der Waals surface area contributed by atoms with Gasteiger partial charge in [0.15, 0.2) is 6.10 Å². The number of esters is 3. The van der Waals surface area contributed by atoms with E-state index in [1.54, 1.807) is 0 Å². The van der Waals surface area contributed by atoms with Gasteiger partial charge in [0.25, 0.3) is 0 Å². The first-order valence-electron chi connectivity index (χ1n) is 29.7. The molecule has 0 saturated heterocycles. The maximum absolute atomic E-state index is 12.8. The zero-order valence-corrected chi connectivity index (χ0v) is 46.5. The molecule has 0 rings (SSSR count). The molecule has 0 amide bonds. The van der Waals surface area contributed by atoms with Crippen LogP contribution in [0.3, 0.4) is 0 Å². The van der Waals surface area contributed by atoms with E-state index in [0.29, 0.717) is 19.3 Å². The Kier molecular flexibility index (Phi) is 55.9. The van der Waals surface area contributed by atoms with Crippen molar-refractivity contribution < 1.29 is 28.6 Å². The summed E-state index contributed by atoms with van der Waals surface area (Å²) in [5, 5.41) is 0. The highest BCUT2D eigenvalue weighted by Gasteiger charge is 2.19. The topological polar surface area (TPSA) is 78.9 Å². The van der Waals surface area contributed by atoms with Crippen molar-refractivity contribution in [3.8, 4) is 0 Å². The fourth-order valence-electron chi connectivity index (χ4n) is 8.15. The van der Waals surface area contributed by atoms with Crippen LogP contribution in [0.25, 0.3) is 0 Å². The van der Waals surface area contributed by atoms with Crippen molar-refractivity contribution in [3.05, 3.63) is 97.2 Å². The minimum absolute atomic E-state index is 0.111. The molecule has 0 aromatic rings. The van der Waals surface area contributed by atoms with Crippen LogP contribution in [0, 0.1) is 0 Å². The molecule has 71 heavy (non-hydrogen) atoms. The monoisotopic (exact) mass is 987 g/mol. The highest BCUT2D eigenvalue weighted by Crippen LogP contribution is 2.16. The van der Waals surface area contributed by atoms with Gasteiger partial charge in [0, 0.05) is 19.3 Å². The van der Waals surface area contributed by atoms with E-state index in [2.05, 4.69) is 112 Å². The highest BCUT2D eigenvalue weighted by atomic mass is 16.6. The summed E-state index contributed by atoms with van der Waals surface area (Å²) in [6.45, 7) is 6.45. The first-order valence-corrected chi connectivity index (χ1v) is 29.7. The molecule has 1 atom stereocenters. The van der Waals surface area contributed by atoms with E-state index in [4.69, 9.17) is 14.2 Å². The molecule has 0 aliphatic carbocycles. The number of carbonyl (C=O) groups is 3. The number of allylic oxidation sites excluding steroid dienone is 16. The molecule has 0 radical (unpaired) electrons. The number of hydrogen-bond acceptors (Lipinski definition) is 6. The fourth-order valence-corrected chi connectivity index (χ4v) is 8.15. The molecule has 0 bridgehead atoms. The van der Waals surface area contributed by atoms with E-state index < -0.39 is 12.1 Å². The zero-order chi connectivity index (χ0) is 51.4. The fraction of sp³-hybridized carbons (Fsp3) is 0.708. The Balaban J connectivity index is 4.49. The molecule has 0 fully saturated rings. The van der Waals surface area contributed by atoms with Crippen LogP contribution >= 0.6 is 0 Å². The third-order valence-corrected chi connectivity index (χ3v) is 12.6. The molecular formula is C65H110O6. The predicted molar refractivity (Wildman–Crippen MR) is 307 cm³/mol. The van der Waals surface area contributed by atoms with Crippen molar-refractivity contribution in [2.75, 3.05) is 13.2 Å². The van der Waals surface area contributed by atoms with Crippen LogP contribution in [-0.2, 0) is 28.6 Å². The van der Waals surface area contributed by atoms with Crippen molar-refractivity contribution in [2.24, 2.45) is 0 Å². The summed E-state index contributed by atoms with van der Waals surface area (Å²) in [7, 11) is 0. The summed E-state index contributed by atoms with van der Waals surface area (Å²) in [6, 6.07) is 0. The Morgan fingerprint density at radius 2 is 0.577 bits per heavy atom. The van der Waals surface area contributed by atoms with Gasteiger partial charge in [-0.15, -0.1) is 0 Å². The Labute approximate surface area is 438 Å². The Hall–Kier alpha value is -3.67. The van der Waals surface area contributed by atoms with Crippen molar-refractivity contribution in [3.63, 3.8) is 0 Å². The standard InChI is InChI=1S/C65H110O6/c1-4-7-10-13-16-19-22-25-28-30-32-34-37-40-43-46-49-52-55-58-64(67)70-61-62(60-69-63(66)57-54-51-48-45-42-39-36-27-24-21-18-15-12-9-6-3)71-65(68)59-56-53-50-47-44-41-38-35-33-31-29-26-23-20-17-14-11-8-5-2/h9,12,17-18,20-21,26-27,29,33,35-36,41,44,50,53,62H,4-8,10-11,13-16,19,22-25,28,30-32,34,37-40,42-43,45-49,51-52,54-61H2,1-3H3/b12-9-,20-17-,21-18-,29-26-,35-33-,36-27-,44-41-,53-50-/t62-/m1/s1. The summed E-state index contributed by atoms with van der Waals surface area (Å²) in [5.41, 5.74) is 0. The molecule has 0 spiro atoms. The van der Waals surface area contributed by atoms with E-state index in [1.165, 1.54) is 128 Å². The molecule has 0 heterocycles. The van der Waals surface area contributed by atoms with Gasteiger partial charge in [-0.3, -0.25) is 14.4 Å². The maximum atomic E-state index is 12.8. The van der Waals surface area contributed by atoms with Gasteiger partial charge in [-0.05, 0) is 89.9 Å². The van der Waals surface area contributed by atoms with E-state index >= 15 is 0 Å². The first-order chi connectivity index (χ1) is 35.0. The Bertz CT molecular complexity index is 1410. The summed E-state index contributed by atoms with van der Waals surface area (Å²) in [4.78, 5) is 38.2. The second kappa shape index (κ2) is 58.9. The summed E-state index contributed by atoms with van der Waals surface area (Å²) in [5.74, 6) is -1.01. The minimum Gasteiger partial charge on any atom is -0.462 e. The van der Waals surface area contributed by atoms with Crippen molar-refractivity contribution in [1.82, 2.24) is 0 Å². The highest BCUT2D eigenvalue weighted by molar-refractivity contribution is 5.71. The van der Waals surface area contributed by atoms with Gasteiger partial charge < -0.3 is 14.2 Å². The smallest absolute Gasteiger partial charge is 0.306 e.